The van der Waals surface area contributed by atoms with E-state index in [0.29, 0.717) is 38.2 Å². The third-order valence-electron chi connectivity index (χ3n) is 5.58. The lowest BCUT2D eigenvalue weighted by molar-refractivity contribution is -0.137. The van der Waals surface area contributed by atoms with Crippen molar-refractivity contribution < 1.29 is 50.1 Å². The highest BCUT2D eigenvalue weighted by molar-refractivity contribution is 7.88. The van der Waals surface area contributed by atoms with Gasteiger partial charge in [-0.2, -0.15) is 26.3 Å². The number of likely N-dealkylation sites (tertiary alicyclic amines) is 1. The minimum Gasteiger partial charge on any atom is -0.491 e. The second-order valence-electron chi connectivity index (χ2n) is 8.64. The van der Waals surface area contributed by atoms with E-state index in [1.165, 1.54) is 25.3 Å². The fraction of sp³-hybridized carbons (Fsp3) is 0.458. The Bertz CT molecular complexity index is 1330. The Balaban J connectivity index is 1.62. The van der Waals surface area contributed by atoms with Crippen LogP contribution in [0.2, 0.25) is 5.02 Å². The van der Waals surface area contributed by atoms with E-state index in [4.69, 9.17) is 30.5 Å². The number of carbonyl (C=O) groups is 2. The van der Waals surface area contributed by atoms with Gasteiger partial charge in [0.05, 0.1) is 12.2 Å². The maximum Gasteiger partial charge on any atom is 0.422 e. The number of hydrogen-bond donors (Lipinski definition) is 2. The van der Waals surface area contributed by atoms with E-state index in [2.05, 4.69) is 9.71 Å². The molecule has 0 unspecified atom stereocenters. The number of aromatic nitrogens is 1. The van der Waals surface area contributed by atoms with Gasteiger partial charge in [0.2, 0.25) is 11.8 Å². The van der Waals surface area contributed by atoms with E-state index in [1.54, 1.807) is 9.62 Å². The minimum absolute atomic E-state index is 0.0175. The summed E-state index contributed by atoms with van der Waals surface area (Å²) in [5, 5.41) is -0.429. The van der Waals surface area contributed by atoms with Crippen LogP contribution in [0.5, 0.6) is 17.4 Å². The van der Waals surface area contributed by atoms with E-state index < -0.39 is 39.7 Å². The van der Waals surface area contributed by atoms with Gasteiger partial charge < -0.3 is 23.8 Å². The number of benzene rings is 1. The van der Waals surface area contributed by atoms with Gasteiger partial charge in [-0.25, -0.2) is 14.5 Å². The minimum atomic E-state index is -4.67. The summed E-state index contributed by atoms with van der Waals surface area (Å²) in [7, 11) is -2.77. The van der Waals surface area contributed by atoms with E-state index in [9.17, 15) is 31.2 Å². The van der Waals surface area contributed by atoms with Crippen LogP contribution in [-0.2, 0) is 37.3 Å². The summed E-state index contributed by atoms with van der Waals surface area (Å²) in [4.78, 5) is 29.1. The summed E-state index contributed by atoms with van der Waals surface area (Å²) in [5.74, 6) is -0.0827. The van der Waals surface area contributed by atoms with Gasteiger partial charge in [-0.1, -0.05) is 11.6 Å². The number of ether oxygens (including phenoxy) is 4. The molecule has 226 valence electrons. The van der Waals surface area contributed by atoms with Crippen molar-refractivity contribution in [3.05, 3.63) is 46.6 Å². The van der Waals surface area contributed by atoms with Crippen molar-refractivity contribution in [2.45, 2.75) is 32.0 Å². The van der Waals surface area contributed by atoms with Crippen LogP contribution in [0.4, 0.5) is 18.0 Å². The lowest BCUT2D eigenvalue weighted by Crippen LogP contribution is -2.41. The van der Waals surface area contributed by atoms with Crippen LogP contribution >= 0.6 is 11.6 Å². The van der Waals surface area contributed by atoms with Crippen molar-refractivity contribution in [3.63, 3.8) is 0 Å². The number of pyridine rings is 1. The SMILES string of the molecule is COCCOc1ccc(COC(=O)NS(=O)(=O)NCCCN2CCCC2=O)c(Oc2ncc(C(F)(F)F)cc2Cl)c1. The summed E-state index contributed by atoms with van der Waals surface area (Å²) in [5.41, 5.74) is -0.885. The molecule has 1 aromatic heterocycles. The molecule has 0 aliphatic carbocycles. The summed E-state index contributed by atoms with van der Waals surface area (Å²) in [6.45, 7) is 0.945. The lowest BCUT2D eigenvalue weighted by Gasteiger charge is -2.16. The summed E-state index contributed by atoms with van der Waals surface area (Å²) in [6.07, 6.45) is -3.83. The van der Waals surface area contributed by atoms with Crippen molar-refractivity contribution in [1.82, 2.24) is 19.3 Å². The molecule has 2 amide bonds. The van der Waals surface area contributed by atoms with Gasteiger partial charge >= 0.3 is 22.5 Å². The van der Waals surface area contributed by atoms with Crippen LogP contribution in [0, 0.1) is 0 Å². The normalized spacial score (nSPS) is 13.8. The van der Waals surface area contributed by atoms with E-state index in [1.807, 2.05) is 0 Å². The largest absolute Gasteiger partial charge is 0.491 e. The summed E-state index contributed by atoms with van der Waals surface area (Å²) >= 11 is 5.95. The number of hydrogen-bond acceptors (Lipinski definition) is 9. The van der Waals surface area contributed by atoms with Crippen molar-refractivity contribution in [3.8, 4) is 17.4 Å². The molecule has 17 heteroatoms. The monoisotopic (exact) mass is 624 g/mol. The molecule has 0 radical (unpaired) electrons. The van der Waals surface area contributed by atoms with Crippen LogP contribution in [-0.4, -0.2) is 70.3 Å². The van der Waals surface area contributed by atoms with Gasteiger partial charge in [-0.05, 0) is 31.0 Å². The predicted octanol–water partition coefficient (Wildman–Crippen LogP) is 3.64. The number of rotatable bonds is 14. The molecular formula is C24H28ClF3N4O8S. The molecule has 3 rings (SSSR count). The molecule has 1 aromatic carbocycles. The Morgan fingerprint density at radius 3 is 2.66 bits per heavy atom. The number of carbonyl (C=O) groups excluding carboxylic acids is 2. The molecule has 12 nitrogen and oxygen atoms in total. The topological polar surface area (TPSA) is 145 Å². The number of amides is 2. The molecule has 0 atom stereocenters. The number of nitrogens with one attached hydrogen (secondary N) is 2. The molecule has 41 heavy (non-hydrogen) atoms. The number of alkyl halides is 3. The van der Waals surface area contributed by atoms with E-state index >= 15 is 0 Å². The lowest BCUT2D eigenvalue weighted by atomic mass is 10.2. The Kier molecular flexibility index (Phi) is 11.4. The van der Waals surface area contributed by atoms with Gasteiger partial charge in [-0.15, -0.1) is 0 Å². The maximum absolute atomic E-state index is 13.0. The number of nitrogens with zero attached hydrogens (tertiary/aromatic N) is 2. The zero-order valence-corrected chi connectivity index (χ0v) is 23.4. The Hall–Kier alpha value is -3.34. The first-order valence-electron chi connectivity index (χ1n) is 12.2. The quantitative estimate of drug-likeness (QED) is 0.301. The molecule has 1 fully saturated rings. The number of halogens is 4. The fourth-order valence-electron chi connectivity index (χ4n) is 3.58. The van der Waals surface area contributed by atoms with Crippen molar-refractivity contribution in [2.75, 3.05) is 40.0 Å². The zero-order chi connectivity index (χ0) is 30.0. The molecule has 2 aromatic rings. The summed E-state index contributed by atoms with van der Waals surface area (Å²) in [6, 6.07) is 4.96. The second kappa shape index (κ2) is 14.5. The molecular weight excluding hydrogens is 597 g/mol. The molecule has 1 aliphatic rings. The highest BCUT2D eigenvalue weighted by Gasteiger charge is 2.32. The Labute approximate surface area is 239 Å². The second-order valence-corrected chi connectivity index (χ2v) is 10.5. The first kappa shape index (κ1) is 32.2. The third-order valence-corrected chi connectivity index (χ3v) is 6.87. The van der Waals surface area contributed by atoms with Gasteiger partial charge in [0.25, 0.3) is 0 Å². The van der Waals surface area contributed by atoms with Crippen molar-refractivity contribution in [2.24, 2.45) is 0 Å². The van der Waals surface area contributed by atoms with Crippen LogP contribution in [0.25, 0.3) is 0 Å². The molecule has 0 spiro atoms. The molecule has 2 heterocycles. The Morgan fingerprint density at radius 1 is 1.22 bits per heavy atom. The van der Waals surface area contributed by atoms with Crippen molar-refractivity contribution in [1.29, 1.82) is 0 Å². The molecule has 1 aliphatic heterocycles. The van der Waals surface area contributed by atoms with Gasteiger partial charge in [0.15, 0.2) is 0 Å². The van der Waals surface area contributed by atoms with Gasteiger partial charge in [0, 0.05) is 51.0 Å². The van der Waals surface area contributed by atoms with Crippen LogP contribution < -0.4 is 18.9 Å². The highest BCUT2D eigenvalue weighted by atomic mass is 35.5. The van der Waals surface area contributed by atoms with E-state index in [0.717, 1.165) is 6.42 Å². The standard InChI is InChI=1S/C24H28ClF3N4O8S/c1-37-10-11-38-18-6-5-16(20(13-18)40-22-19(25)12-17(14-29-22)24(26,27)28)15-39-23(34)31-41(35,36)30-7-3-9-32-8-2-4-21(32)33/h5-6,12-14,30H,2-4,7-11,15H2,1H3,(H,31,34). The average Bonchev–Trinajstić information content (AvgIpc) is 3.31. The van der Waals surface area contributed by atoms with Crippen LogP contribution in [0.3, 0.4) is 0 Å². The van der Waals surface area contributed by atoms with E-state index in [-0.39, 0.29) is 48.6 Å². The van der Waals surface area contributed by atoms with Crippen LogP contribution in [0.15, 0.2) is 30.5 Å². The zero-order valence-electron chi connectivity index (χ0n) is 21.8. The number of methoxy groups -OCH3 is 1. The fourth-order valence-corrected chi connectivity index (χ4v) is 4.55. The smallest absolute Gasteiger partial charge is 0.422 e. The molecule has 1 saturated heterocycles. The van der Waals surface area contributed by atoms with Gasteiger partial charge in [-0.3, -0.25) is 4.79 Å². The maximum atomic E-state index is 13.0. The summed E-state index contributed by atoms with van der Waals surface area (Å²) < 4.78 is 88.2. The first-order valence-corrected chi connectivity index (χ1v) is 14.1. The molecule has 2 N–H and O–H groups in total. The van der Waals surface area contributed by atoms with Crippen LogP contribution in [0.1, 0.15) is 30.4 Å². The first-order chi connectivity index (χ1) is 19.4. The average molecular weight is 625 g/mol. The van der Waals surface area contributed by atoms with Gasteiger partial charge in [0.1, 0.15) is 29.7 Å². The molecule has 0 saturated carbocycles. The molecule has 0 bridgehead atoms. The Morgan fingerprint density at radius 2 is 2.00 bits per heavy atom. The highest BCUT2D eigenvalue weighted by Crippen LogP contribution is 2.36. The third kappa shape index (κ3) is 10.2. The van der Waals surface area contributed by atoms with Crippen molar-refractivity contribution >= 4 is 33.8 Å². The predicted molar refractivity (Wildman–Crippen MR) is 139 cm³/mol.